The van der Waals surface area contributed by atoms with Crippen molar-refractivity contribution in [3.05, 3.63) is 18.2 Å². The fourth-order valence-corrected chi connectivity index (χ4v) is 2.19. The zero-order chi connectivity index (χ0) is 13.7. The number of rotatable bonds is 7. The number of unbranched alkanes of at least 4 members (excludes halogenated alkanes) is 1. The summed E-state index contributed by atoms with van der Waals surface area (Å²) in [7, 11) is 0. The summed E-state index contributed by atoms with van der Waals surface area (Å²) >= 11 is 0. The van der Waals surface area contributed by atoms with E-state index in [1.165, 1.54) is 0 Å². The van der Waals surface area contributed by atoms with E-state index >= 15 is 0 Å². The van der Waals surface area contributed by atoms with Crippen molar-refractivity contribution in [2.24, 2.45) is 5.73 Å². The lowest BCUT2D eigenvalue weighted by Crippen LogP contribution is -2.40. The molecule has 0 bridgehead atoms. The normalized spacial score (nSPS) is 16.9. The molecule has 1 aliphatic heterocycles. The third kappa shape index (κ3) is 2.98. The predicted molar refractivity (Wildman–Crippen MR) is 76.7 cm³/mol. The molecule has 0 amide bonds. The summed E-state index contributed by atoms with van der Waals surface area (Å²) in [5.41, 5.74) is 7.54. The van der Waals surface area contributed by atoms with Crippen LogP contribution in [0.5, 0.6) is 5.75 Å². The zero-order valence-electron chi connectivity index (χ0n) is 11.3. The number of hydrogen-bond donors (Lipinski definition) is 2. The second-order valence-electron chi connectivity index (χ2n) is 4.59. The lowest BCUT2D eigenvalue weighted by molar-refractivity contribution is -0.108. The molecule has 0 spiro atoms. The molecule has 0 aliphatic carbocycles. The Balaban J connectivity index is 2.14. The Morgan fingerprint density at radius 1 is 1.53 bits per heavy atom. The minimum atomic E-state index is -0.329. The highest BCUT2D eigenvalue weighted by Crippen LogP contribution is 2.36. The fraction of sp³-hybridized carbons (Fsp3) is 0.500. The average molecular weight is 263 g/mol. The van der Waals surface area contributed by atoms with Gasteiger partial charge in [0.1, 0.15) is 5.75 Å². The van der Waals surface area contributed by atoms with E-state index in [-0.39, 0.29) is 6.17 Å². The lowest BCUT2D eigenvalue weighted by atomic mass is 10.2. The van der Waals surface area contributed by atoms with Crippen LogP contribution in [-0.2, 0) is 4.79 Å². The molecule has 1 unspecified atom stereocenters. The highest BCUT2D eigenvalue weighted by Gasteiger charge is 2.27. The largest absolute Gasteiger partial charge is 0.494 e. The van der Waals surface area contributed by atoms with E-state index in [2.05, 4.69) is 12.2 Å². The minimum Gasteiger partial charge on any atom is -0.494 e. The minimum absolute atomic E-state index is 0.329. The van der Waals surface area contributed by atoms with Gasteiger partial charge in [0.15, 0.2) is 12.5 Å². The lowest BCUT2D eigenvalue weighted by Gasteiger charge is -2.22. The number of hydrogen-bond acceptors (Lipinski definition) is 5. The number of nitrogens with zero attached hydrogens (tertiary/aromatic N) is 1. The average Bonchev–Trinajstić information content (AvgIpc) is 2.77. The Hall–Kier alpha value is -1.75. The predicted octanol–water partition coefficient (Wildman–Crippen LogP) is 1.58. The summed E-state index contributed by atoms with van der Waals surface area (Å²) in [6, 6.07) is 5.84. The van der Waals surface area contributed by atoms with Crippen molar-refractivity contribution in [1.82, 2.24) is 0 Å². The molecule has 0 fully saturated rings. The van der Waals surface area contributed by atoms with Gasteiger partial charge in [-0.1, -0.05) is 13.3 Å². The van der Waals surface area contributed by atoms with Crippen molar-refractivity contribution in [2.75, 3.05) is 29.9 Å². The van der Waals surface area contributed by atoms with Crippen LogP contribution >= 0.6 is 0 Å². The molecule has 1 aliphatic rings. The number of benzene rings is 1. The van der Waals surface area contributed by atoms with Crippen LogP contribution in [0.15, 0.2) is 18.2 Å². The smallest absolute Gasteiger partial charge is 0.162 e. The SMILES string of the molecule is CCCCOc1ccc2c(c1)N(CCN)C(C=O)N2. The molecule has 5 heteroatoms. The third-order valence-corrected chi connectivity index (χ3v) is 3.18. The topological polar surface area (TPSA) is 67.6 Å². The Labute approximate surface area is 113 Å². The van der Waals surface area contributed by atoms with Crippen LogP contribution in [-0.4, -0.2) is 32.1 Å². The van der Waals surface area contributed by atoms with E-state index in [4.69, 9.17) is 10.5 Å². The van der Waals surface area contributed by atoms with Crippen molar-refractivity contribution < 1.29 is 9.53 Å². The van der Waals surface area contributed by atoms with Gasteiger partial charge in [-0.05, 0) is 18.6 Å². The summed E-state index contributed by atoms with van der Waals surface area (Å²) in [6.07, 6.45) is 2.72. The third-order valence-electron chi connectivity index (χ3n) is 3.18. The molecule has 1 aromatic rings. The Morgan fingerprint density at radius 2 is 2.37 bits per heavy atom. The standard InChI is InChI=1S/C14H21N3O2/c1-2-3-8-19-11-4-5-12-13(9-11)17(7-6-15)14(10-18)16-12/h4-5,9-10,14,16H,2-3,6-8,15H2,1H3. The first kappa shape index (κ1) is 13.7. The van der Waals surface area contributed by atoms with Gasteiger partial charge in [-0.15, -0.1) is 0 Å². The Kier molecular flexibility index (Phi) is 4.63. The maximum Gasteiger partial charge on any atom is 0.162 e. The molecule has 104 valence electrons. The summed E-state index contributed by atoms with van der Waals surface area (Å²) in [6.45, 7) is 4.00. The molecule has 5 nitrogen and oxygen atoms in total. The molecule has 19 heavy (non-hydrogen) atoms. The fourth-order valence-electron chi connectivity index (χ4n) is 2.19. The molecule has 0 saturated carbocycles. The van der Waals surface area contributed by atoms with Crippen LogP contribution in [0, 0.1) is 0 Å². The van der Waals surface area contributed by atoms with E-state index < -0.39 is 0 Å². The first-order valence-corrected chi connectivity index (χ1v) is 6.75. The van der Waals surface area contributed by atoms with Crippen LogP contribution in [0.4, 0.5) is 11.4 Å². The van der Waals surface area contributed by atoms with Gasteiger partial charge >= 0.3 is 0 Å². The molecule has 1 heterocycles. The van der Waals surface area contributed by atoms with Crippen molar-refractivity contribution in [1.29, 1.82) is 0 Å². The van der Waals surface area contributed by atoms with Gasteiger partial charge in [0.2, 0.25) is 0 Å². The second kappa shape index (κ2) is 6.43. The summed E-state index contributed by atoms with van der Waals surface area (Å²) < 4.78 is 5.69. The monoisotopic (exact) mass is 263 g/mol. The van der Waals surface area contributed by atoms with E-state index in [1.54, 1.807) is 0 Å². The number of carbonyl (C=O) groups excluding carboxylic acids is 1. The number of fused-ring (bicyclic) bond motifs is 1. The van der Waals surface area contributed by atoms with Crippen LogP contribution in [0.25, 0.3) is 0 Å². The van der Waals surface area contributed by atoms with E-state index in [9.17, 15) is 4.79 Å². The highest BCUT2D eigenvalue weighted by atomic mass is 16.5. The number of aldehydes is 1. The van der Waals surface area contributed by atoms with Crippen molar-refractivity contribution >= 4 is 17.7 Å². The maximum absolute atomic E-state index is 11.1. The Bertz CT molecular complexity index is 437. The van der Waals surface area contributed by atoms with E-state index in [0.29, 0.717) is 13.1 Å². The zero-order valence-corrected chi connectivity index (χ0v) is 11.3. The van der Waals surface area contributed by atoms with Gasteiger partial charge in [0, 0.05) is 19.2 Å². The molecule has 0 aromatic heterocycles. The number of carbonyl (C=O) groups is 1. The van der Waals surface area contributed by atoms with Crippen LogP contribution < -0.4 is 20.7 Å². The maximum atomic E-state index is 11.1. The number of anilines is 2. The van der Waals surface area contributed by atoms with E-state index in [0.717, 1.165) is 42.9 Å². The number of nitrogens with one attached hydrogen (secondary N) is 1. The quantitative estimate of drug-likeness (QED) is 0.577. The number of nitrogens with two attached hydrogens (primary N) is 1. The Morgan fingerprint density at radius 3 is 3.05 bits per heavy atom. The van der Waals surface area contributed by atoms with Crippen molar-refractivity contribution in [2.45, 2.75) is 25.9 Å². The van der Waals surface area contributed by atoms with Crippen LogP contribution in [0.2, 0.25) is 0 Å². The first-order chi connectivity index (χ1) is 9.30. The van der Waals surface area contributed by atoms with Gasteiger partial charge in [0.25, 0.3) is 0 Å². The van der Waals surface area contributed by atoms with Gasteiger partial charge in [-0.25, -0.2) is 0 Å². The molecule has 0 radical (unpaired) electrons. The molecular weight excluding hydrogens is 242 g/mol. The highest BCUT2D eigenvalue weighted by molar-refractivity contribution is 5.85. The van der Waals surface area contributed by atoms with Crippen molar-refractivity contribution in [3.8, 4) is 5.75 Å². The molecular formula is C14H21N3O2. The molecule has 0 saturated heterocycles. The molecule has 2 rings (SSSR count). The summed E-state index contributed by atoms with van der Waals surface area (Å²) in [5, 5.41) is 3.16. The van der Waals surface area contributed by atoms with Gasteiger partial charge < -0.3 is 20.7 Å². The summed E-state index contributed by atoms with van der Waals surface area (Å²) in [4.78, 5) is 13.0. The van der Waals surface area contributed by atoms with Crippen LogP contribution in [0.3, 0.4) is 0 Å². The number of ether oxygens (including phenoxy) is 1. The molecule has 1 aromatic carbocycles. The van der Waals surface area contributed by atoms with Crippen molar-refractivity contribution in [3.63, 3.8) is 0 Å². The van der Waals surface area contributed by atoms with Crippen LogP contribution in [0.1, 0.15) is 19.8 Å². The first-order valence-electron chi connectivity index (χ1n) is 6.75. The molecule has 1 atom stereocenters. The van der Waals surface area contributed by atoms with Gasteiger partial charge in [0.05, 0.1) is 18.0 Å². The van der Waals surface area contributed by atoms with E-state index in [1.807, 2.05) is 23.1 Å². The van der Waals surface area contributed by atoms with Gasteiger partial charge in [-0.3, -0.25) is 4.79 Å². The molecule has 3 N–H and O–H groups in total. The summed E-state index contributed by atoms with van der Waals surface area (Å²) in [5.74, 6) is 0.836. The van der Waals surface area contributed by atoms with Gasteiger partial charge in [-0.2, -0.15) is 0 Å². The second-order valence-corrected chi connectivity index (χ2v) is 4.59.